The van der Waals surface area contributed by atoms with Crippen LogP contribution in [0.5, 0.6) is 5.75 Å². The molecular formula is C15H14F3NO. The number of hydrogen-bond acceptors (Lipinski definition) is 2. The Bertz CT molecular complexity index is 608. The molecule has 0 heterocycles. The van der Waals surface area contributed by atoms with Crippen molar-refractivity contribution in [1.29, 1.82) is 0 Å². The first-order valence-corrected chi connectivity index (χ1v) is 6.00. The molecule has 0 aromatic heterocycles. The third-order valence-corrected chi connectivity index (χ3v) is 2.97. The quantitative estimate of drug-likeness (QED) is 0.927. The van der Waals surface area contributed by atoms with Crippen molar-refractivity contribution in [3.63, 3.8) is 0 Å². The molecule has 2 nitrogen and oxygen atoms in total. The maximum absolute atomic E-state index is 12.9. The molecule has 0 amide bonds. The van der Waals surface area contributed by atoms with Crippen molar-refractivity contribution in [2.45, 2.75) is 12.7 Å². The average molecular weight is 281 g/mol. The van der Waals surface area contributed by atoms with Crippen LogP contribution in [0, 0.1) is 0 Å². The van der Waals surface area contributed by atoms with E-state index in [1.54, 1.807) is 30.3 Å². The molecule has 0 saturated carbocycles. The van der Waals surface area contributed by atoms with Crippen LogP contribution in [0.25, 0.3) is 11.1 Å². The van der Waals surface area contributed by atoms with Gasteiger partial charge in [0.15, 0.2) is 0 Å². The van der Waals surface area contributed by atoms with E-state index in [-0.39, 0.29) is 6.54 Å². The molecule has 0 unspecified atom stereocenters. The smallest absolute Gasteiger partial charge is 0.416 e. The van der Waals surface area contributed by atoms with Gasteiger partial charge in [0.1, 0.15) is 5.75 Å². The van der Waals surface area contributed by atoms with Gasteiger partial charge < -0.3 is 10.5 Å². The van der Waals surface area contributed by atoms with Crippen LogP contribution >= 0.6 is 0 Å². The number of halogens is 3. The second-order valence-electron chi connectivity index (χ2n) is 4.32. The molecule has 0 atom stereocenters. The van der Waals surface area contributed by atoms with Gasteiger partial charge in [0.05, 0.1) is 12.7 Å². The summed E-state index contributed by atoms with van der Waals surface area (Å²) in [7, 11) is 1.48. The number of rotatable bonds is 3. The minimum atomic E-state index is -4.40. The molecule has 0 spiro atoms. The molecule has 106 valence electrons. The second-order valence-corrected chi connectivity index (χ2v) is 4.32. The molecule has 20 heavy (non-hydrogen) atoms. The van der Waals surface area contributed by atoms with Gasteiger partial charge in [-0.1, -0.05) is 18.2 Å². The lowest BCUT2D eigenvalue weighted by atomic mass is 9.98. The van der Waals surface area contributed by atoms with Gasteiger partial charge in [-0.05, 0) is 35.4 Å². The first kappa shape index (κ1) is 14.4. The summed E-state index contributed by atoms with van der Waals surface area (Å²) in [5.74, 6) is 0.523. The van der Waals surface area contributed by atoms with Crippen LogP contribution in [-0.2, 0) is 12.7 Å². The van der Waals surface area contributed by atoms with Crippen molar-refractivity contribution in [3.8, 4) is 16.9 Å². The molecule has 0 aliphatic rings. The molecule has 5 heteroatoms. The molecule has 2 N–H and O–H groups in total. The summed E-state index contributed by atoms with van der Waals surface area (Å²) in [6.07, 6.45) is -4.40. The summed E-state index contributed by atoms with van der Waals surface area (Å²) < 4.78 is 43.9. The van der Waals surface area contributed by atoms with Crippen LogP contribution in [0.2, 0.25) is 0 Å². The van der Waals surface area contributed by atoms with E-state index in [0.717, 1.165) is 12.1 Å². The summed E-state index contributed by atoms with van der Waals surface area (Å²) in [6, 6.07) is 10.8. The number of alkyl halides is 3. The van der Waals surface area contributed by atoms with Gasteiger partial charge in [-0.15, -0.1) is 0 Å². The Balaban J connectivity index is 2.62. The van der Waals surface area contributed by atoms with Crippen molar-refractivity contribution >= 4 is 0 Å². The highest BCUT2D eigenvalue weighted by molar-refractivity contribution is 5.71. The normalized spacial score (nSPS) is 11.4. The Morgan fingerprint density at radius 2 is 1.80 bits per heavy atom. The number of hydrogen-bond donors (Lipinski definition) is 1. The van der Waals surface area contributed by atoms with Crippen molar-refractivity contribution in [2.24, 2.45) is 5.73 Å². The van der Waals surface area contributed by atoms with Gasteiger partial charge in [0.25, 0.3) is 0 Å². The maximum Gasteiger partial charge on any atom is 0.416 e. The first-order chi connectivity index (χ1) is 9.45. The Kier molecular flexibility index (Phi) is 3.99. The first-order valence-electron chi connectivity index (χ1n) is 6.00. The molecule has 0 radical (unpaired) electrons. The molecular weight excluding hydrogens is 267 g/mol. The zero-order chi connectivity index (χ0) is 14.8. The third-order valence-electron chi connectivity index (χ3n) is 2.97. The van der Waals surface area contributed by atoms with Crippen LogP contribution in [0.1, 0.15) is 11.1 Å². The Morgan fingerprint density at radius 3 is 2.40 bits per heavy atom. The van der Waals surface area contributed by atoms with Crippen molar-refractivity contribution in [2.75, 3.05) is 7.11 Å². The van der Waals surface area contributed by atoms with Crippen LogP contribution in [-0.4, -0.2) is 7.11 Å². The molecule has 2 aromatic rings. The maximum atomic E-state index is 12.9. The standard InChI is InChI=1S/C15H14F3NO/c1-20-14-5-3-2-4-13(14)11-6-10(9-19)7-12(8-11)15(16,17)18/h2-8H,9,19H2,1H3. The highest BCUT2D eigenvalue weighted by Gasteiger charge is 2.31. The minimum Gasteiger partial charge on any atom is -0.496 e. The van der Waals surface area contributed by atoms with E-state index in [2.05, 4.69) is 0 Å². The van der Waals surface area contributed by atoms with Crippen LogP contribution in [0.3, 0.4) is 0 Å². The van der Waals surface area contributed by atoms with Gasteiger partial charge in [-0.3, -0.25) is 0 Å². The lowest BCUT2D eigenvalue weighted by Crippen LogP contribution is -2.07. The Labute approximate surface area is 115 Å². The van der Waals surface area contributed by atoms with Crippen LogP contribution in [0.4, 0.5) is 13.2 Å². The molecule has 2 aromatic carbocycles. The summed E-state index contributed by atoms with van der Waals surface area (Å²) in [5, 5.41) is 0. The Morgan fingerprint density at radius 1 is 1.10 bits per heavy atom. The largest absolute Gasteiger partial charge is 0.496 e. The molecule has 0 bridgehead atoms. The highest BCUT2D eigenvalue weighted by atomic mass is 19.4. The monoisotopic (exact) mass is 281 g/mol. The van der Waals surface area contributed by atoms with Crippen molar-refractivity contribution in [1.82, 2.24) is 0 Å². The fourth-order valence-corrected chi connectivity index (χ4v) is 2.01. The lowest BCUT2D eigenvalue weighted by Gasteiger charge is -2.13. The van der Waals surface area contributed by atoms with E-state index < -0.39 is 11.7 Å². The average Bonchev–Trinajstić information content (AvgIpc) is 2.45. The van der Waals surface area contributed by atoms with Gasteiger partial charge in [-0.2, -0.15) is 13.2 Å². The van der Waals surface area contributed by atoms with Gasteiger partial charge in [-0.25, -0.2) is 0 Å². The van der Waals surface area contributed by atoms with Crippen LogP contribution in [0.15, 0.2) is 42.5 Å². The van der Waals surface area contributed by atoms with E-state index in [1.165, 1.54) is 7.11 Å². The van der Waals surface area contributed by atoms with Crippen LogP contribution < -0.4 is 10.5 Å². The van der Waals surface area contributed by atoms with E-state index in [4.69, 9.17) is 10.5 Å². The zero-order valence-electron chi connectivity index (χ0n) is 10.9. The lowest BCUT2D eigenvalue weighted by molar-refractivity contribution is -0.137. The highest BCUT2D eigenvalue weighted by Crippen LogP contribution is 2.36. The predicted octanol–water partition coefficient (Wildman–Crippen LogP) is 3.84. The number of benzene rings is 2. The van der Waals surface area contributed by atoms with Crippen molar-refractivity contribution < 1.29 is 17.9 Å². The molecule has 0 fully saturated rings. The molecule has 0 aliphatic heterocycles. The number of ether oxygens (including phenoxy) is 1. The fourth-order valence-electron chi connectivity index (χ4n) is 2.01. The van der Waals surface area contributed by atoms with Gasteiger partial charge >= 0.3 is 6.18 Å². The van der Waals surface area contributed by atoms with E-state index in [1.807, 2.05) is 0 Å². The van der Waals surface area contributed by atoms with E-state index >= 15 is 0 Å². The molecule has 0 saturated heterocycles. The summed E-state index contributed by atoms with van der Waals surface area (Å²) in [6.45, 7) is 0.0477. The fraction of sp³-hybridized carbons (Fsp3) is 0.200. The van der Waals surface area contributed by atoms with E-state index in [0.29, 0.717) is 22.4 Å². The minimum absolute atomic E-state index is 0.0477. The SMILES string of the molecule is COc1ccccc1-c1cc(CN)cc(C(F)(F)F)c1. The second kappa shape index (κ2) is 5.54. The third kappa shape index (κ3) is 2.93. The summed E-state index contributed by atoms with van der Waals surface area (Å²) >= 11 is 0. The van der Waals surface area contributed by atoms with E-state index in [9.17, 15) is 13.2 Å². The molecule has 2 rings (SSSR count). The number of nitrogens with two attached hydrogens (primary N) is 1. The number of methoxy groups -OCH3 is 1. The topological polar surface area (TPSA) is 35.2 Å². The van der Waals surface area contributed by atoms with Crippen molar-refractivity contribution in [3.05, 3.63) is 53.6 Å². The van der Waals surface area contributed by atoms with Gasteiger partial charge in [0.2, 0.25) is 0 Å². The Hall–Kier alpha value is -2.01. The summed E-state index contributed by atoms with van der Waals surface area (Å²) in [4.78, 5) is 0. The zero-order valence-corrected chi connectivity index (χ0v) is 10.9. The summed E-state index contributed by atoms with van der Waals surface area (Å²) in [5.41, 5.74) is 6.25. The van der Waals surface area contributed by atoms with Gasteiger partial charge in [0, 0.05) is 12.1 Å². The number of para-hydroxylation sites is 1. The predicted molar refractivity (Wildman–Crippen MR) is 71.3 cm³/mol. The molecule has 0 aliphatic carbocycles.